The van der Waals surface area contributed by atoms with Crippen molar-refractivity contribution in [3.8, 4) is 5.75 Å². The molecule has 1 aromatic heterocycles. The van der Waals surface area contributed by atoms with E-state index >= 15 is 0 Å². The van der Waals surface area contributed by atoms with Gasteiger partial charge >= 0.3 is 5.97 Å². The Hall–Kier alpha value is -1.97. The van der Waals surface area contributed by atoms with Gasteiger partial charge in [0.05, 0.1) is 18.0 Å². The molecule has 0 aliphatic heterocycles. The molecule has 1 N–H and O–H groups in total. The Bertz CT molecular complexity index is 666. The number of benzene rings is 1. The van der Waals surface area contributed by atoms with Crippen molar-refractivity contribution in [2.24, 2.45) is 7.05 Å². The number of carbonyl (C=O) groups is 1. The van der Waals surface area contributed by atoms with Crippen LogP contribution < -0.4 is 4.74 Å². The maximum absolute atomic E-state index is 11.9. The third-order valence-electron chi connectivity index (χ3n) is 4.60. The van der Waals surface area contributed by atoms with Crippen LogP contribution in [0.15, 0.2) is 24.4 Å². The standard InChI is InChI=1S/C16H19NO3/c1-17-10-7-11-13(17)6-5-12(14(11)20-2)16(15(18)19)8-3-4-9-16/h5-7,10H,3-4,8-9H2,1-2H3,(H,18,19). The summed E-state index contributed by atoms with van der Waals surface area (Å²) in [6, 6.07) is 5.92. The molecule has 0 bridgehead atoms. The number of aromatic nitrogens is 1. The first-order valence-electron chi connectivity index (χ1n) is 6.96. The molecule has 4 heteroatoms. The molecular weight excluding hydrogens is 254 g/mol. The van der Waals surface area contributed by atoms with E-state index in [1.165, 1.54) is 0 Å². The second kappa shape index (κ2) is 4.54. The number of hydrogen-bond acceptors (Lipinski definition) is 2. The molecule has 0 spiro atoms. The topological polar surface area (TPSA) is 51.5 Å². The molecule has 0 unspecified atom stereocenters. The number of rotatable bonds is 3. The second-order valence-corrected chi connectivity index (χ2v) is 5.60. The van der Waals surface area contributed by atoms with Gasteiger partial charge in [0.1, 0.15) is 5.75 Å². The summed E-state index contributed by atoms with van der Waals surface area (Å²) in [7, 11) is 3.60. The van der Waals surface area contributed by atoms with Gasteiger partial charge in [-0.3, -0.25) is 4.79 Å². The number of aliphatic carboxylic acids is 1. The summed E-state index contributed by atoms with van der Waals surface area (Å²) < 4.78 is 7.60. The van der Waals surface area contributed by atoms with E-state index < -0.39 is 11.4 Å². The smallest absolute Gasteiger partial charge is 0.314 e. The average Bonchev–Trinajstić information content (AvgIpc) is 3.06. The van der Waals surface area contributed by atoms with E-state index in [-0.39, 0.29) is 0 Å². The summed E-state index contributed by atoms with van der Waals surface area (Å²) in [6.07, 6.45) is 5.28. The summed E-state index contributed by atoms with van der Waals surface area (Å²) in [6.45, 7) is 0. The lowest BCUT2D eigenvalue weighted by Crippen LogP contribution is -2.33. The molecule has 20 heavy (non-hydrogen) atoms. The molecule has 0 saturated heterocycles. The Labute approximate surface area is 118 Å². The number of ether oxygens (including phenoxy) is 1. The van der Waals surface area contributed by atoms with Gasteiger partial charge in [-0.15, -0.1) is 0 Å². The molecule has 1 heterocycles. The lowest BCUT2D eigenvalue weighted by molar-refractivity contribution is -0.143. The van der Waals surface area contributed by atoms with E-state index in [2.05, 4.69) is 0 Å². The van der Waals surface area contributed by atoms with Crippen LogP contribution in [-0.2, 0) is 17.3 Å². The van der Waals surface area contributed by atoms with Crippen LogP contribution in [0.5, 0.6) is 5.75 Å². The van der Waals surface area contributed by atoms with E-state index in [0.29, 0.717) is 18.6 Å². The Morgan fingerprint density at radius 3 is 2.60 bits per heavy atom. The van der Waals surface area contributed by atoms with Crippen molar-refractivity contribution in [2.75, 3.05) is 7.11 Å². The zero-order valence-electron chi connectivity index (χ0n) is 11.8. The SMILES string of the molecule is COc1c(C2(C(=O)O)CCCC2)ccc2c1ccn2C. The third-order valence-corrected chi connectivity index (χ3v) is 4.60. The highest BCUT2D eigenvalue weighted by Crippen LogP contribution is 2.47. The van der Waals surface area contributed by atoms with Crippen molar-refractivity contribution in [2.45, 2.75) is 31.1 Å². The van der Waals surface area contributed by atoms with Gasteiger partial charge in [0.2, 0.25) is 0 Å². The fourth-order valence-electron chi connectivity index (χ4n) is 3.50. The second-order valence-electron chi connectivity index (χ2n) is 5.60. The van der Waals surface area contributed by atoms with Crippen LogP contribution >= 0.6 is 0 Å². The van der Waals surface area contributed by atoms with Crippen molar-refractivity contribution in [1.82, 2.24) is 4.57 Å². The highest BCUT2D eigenvalue weighted by molar-refractivity contribution is 5.92. The fourth-order valence-corrected chi connectivity index (χ4v) is 3.50. The number of nitrogens with zero attached hydrogens (tertiary/aromatic N) is 1. The third kappa shape index (κ3) is 1.64. The van der Waals surface area contributed by atoms with Crippen LogP contribution in [0.1, 0.15) is 31.2 Å². The summed E-state index contributed by atoms with van der Waals surface area (Å²) in [5, 5.41) is 10.7. The molecule has 106 valence electrons. The molecule has 1 saturated carbocycles. The summed E-state index contributed by atoms with van der Waals surface area (Å²) in [5.74, 6) is -0.0176. The molecule has 4 nitrogen and oxygen atoms in total. The first-order valence-corrected chi connectivity index (χ1v) is 6.96. The van der Waals surface area contributed by atoms with Gasteiger partial charge < -0.3 is 14.4 Å². The predicted octanol–water partition coefficient (Wildman–Crippen LogP) is 3.08. The molecule has 1 fully saturated rings. The lowest BCUT2D eigenvalue weighted by Gasteiger charge is -2.26. The van der Waals surface area contributed by atoms with E-state index in [9.17, 15) is 9.90 Å². The van der Waals surface area contributed by atoms with Crippen LogP contribution in [0, 0.1) is 0 Å². The number of hydrogen-bond donors (Lipinski definition) is 1. The molecule has 0 atom stereocenters. The first-order chi connectivity index (χ1) is 9.60. The highest BCUT2D eigenvalue weighted by atomic mass is 16.5. The van der Waals surface area contributed by atoms with E-state index in [4.69, 9.17) is 4.74 Å². The predicted molar refractivity (Wildman–Crippen MR) is 77.3 cm³/mol. The van der Waals surface area contributed by atoms with Crippen LogP contribution in [0.3, 0.4) is 0 Å². The van der Waals surface area contributed by atoms with Crippen molar-refractivity contribution in [1.29, 1.82) is 0 Å². The molecule has 0 amide bonds. The van der Waals surface area contributed by atoms with E-state index in [0.717, 1.165) is 29.3 Å². The van der Waals surface area contributed by atoms with Gasteiger partial charge in [-0.1, -0.05) is 18.9 Å². The Morgan fingerprint density at radius 1 is 1.30 bits per heavy atom. The van der Waals surface area contributed by atoms with Crippen molar-refractivity contribution >= 4 is 16.9 Å². The van der Waals surface area contributed by atoms with Gasteiger partial charge in [-0.05, 0) is 25.0 Å². The summed E-state index contributed by atoms with van der Waals surface area (Å²) in [5.41, 5.74) is 1.10. The molecule has 1 aromatic carbocycles. The van der Waals surface area contributed by atoms with Gasteiger partial charge in [-0.2, -0.15) is 0 Å². The van der Waals surface area contributed by atoms with Gasteiger partial charge in [0, 0.05) is 24.2 Å². The number of fused-ring (bicyclic) bond motifs is 1. The zero-order valence-corrected chi connectivity index (χ0v) is 11.8. The monoisotopic (exact) mass is 273 g/mol. The van der Waals surface area contributed by atoms with Crippen LogP contribution in [-0.4, -0.2) is 22.8 Å². The molecule has 3 rings (SSSR count). The van der Waals surface area contributed by atoms with Gasteiger partial charge in [-0.25, -0.2) is 0 Å². The minimum atomic E-state index is -0.782. The van der Waals surface area contributed by atoms with Crippen molar-refractivity contribution in [3.63, 3.8) is 0 Å². The number of aryl methyl sites for hydroxylation is 1. The number of carboxylic acid groups (broad SMARTS) is 1. The average molecular weight is 273 g/mol. The Balaban J connectivity index is 2.27. The number of carboxylic acids is 1. The minimum absolute atomic E-state index is 0.692. The quantitative estimate of drug-likeness (QED) is 0.935. The fraction of sp³-hybridized carbons (Fsp3) is 0.438. The van der Waals surface area contributed by atoms with Gasteiger partial charge in [0.15, 0.2) is 0 Å². The Morgan fingerprint density at radius 2 is 2.00 bits per heavy atom. The summed E-state index contributed by atoms with van der Waals surface area (Å²) >= 11 is 0. The molecule has 0 radical (unpaired) electrons. The normalized spacial score (nSPS) is 17.5. The highest BCUT2D eigenvalue weighted by Gasteiger charge is 2.45. The zero-order chi connectivity index (χ0) is 14.3. The van der Waals surface area contributed by atoms with Crippen LogP contribution in [0.2, 0.25) is 0 Å². The Kier molecular flexibility index (Phi) is 2.96. The molecular formula is C16H19NO3. The van der Waals surface area contributed by atoms with E-state index in [1.807, 2.05) is 36.0 Å². The molecule has 1 aliphatic carbocycles. The minimum Gasteiger partial charge on any atom is -0.496 e. The maximum Gasteiger partial charge on any atom is 0.314 e. The lowest BCUT2D eigenvalue weighted by atomic mass is 9.78. The van der Waals surface area contributed by atoms with Gasteiger partial charge in [0.25, 0.3) is 0 Å². The number of methoxy groups -OCH3 is 1. The maximum atomic E-state index is 11.9. The molecule has 1 aliphatic rings. The molecule has 2 aromatic rings. The van der Waals surface area contributed by atoms with Crippen molar-refractivity contribution in [3.05, 3.63) is 30.0 Å². The first kappa shape index (κ1) is 13.0. The van der Waals surface area contributed by atoms with Crippen molar-refractivity contribution < 1.29 is 14.6 Å². The van der Waals surface area contributed by atoms with Crippen LogP contribution in [0.25, 0.3) is 10.9 Å². The largest absolute Gasteiger partial charge is 0.496 e. The summed E-state index contributed by atoms with van der Waals surface area (Å²) in [4.78, 5) is 11.9. The van der Waals surface area contributed by atoms with E-state index in [1.54, 1.807) is 7.11 Å². The van der Waals surface area contributed by atoms with Crippen LogP contribution in [0.4, 0.5) is 0 Å².